The molecule has 0 saturated carbocycles. The Bertz CT molecular complexity index is 528. The fourth-order valence-corrected chi connectivity index (χ4v) is 2.61. The zero-order valence-electron chi connectivity index (χ0n) is 10.7. The van der Waals surface area contributed by atoms with Crippen LogP contribution in [0.1, 0.15) is 11.1 Å². The summed E-state index contributed by atoms with van der Waals surface area (Å²) in [5.74, 6) is 0.0981. The Morgan fingerprint density at radius 1 is 1.05 bits per heavy atom. The highest BCUT2D eigenvalue weighted by Crippen LogP contribution is 2.20. The Balaban J connectivity index is 2.09. The lowest BCUT2D eigenvalue weighted by atomic mass is 9.92. The van der Waals surface area contributed by atoms with Crippen LogP contribution in [0.25, 0.3) is 0 Å². The van der Waals surface area contributed by atoms with Gasteiger partial charge in [-0.25, -0.2) is 4.39 Å². The van der Waals surface area contributed by atoms with Crippen molar-refractivity contribution in [3.05, 3.63) is 69.9 Å². The molecule has 0 radical (unpaired) electrons. The predicted octanol–water partition coefficient (Wildman–Crippen LogP) is 3.95. The Morgan fingerprint density at radius 2 is 1.79 bits per heavy atom. The summed E-state index contributed by atoms with van der Waals surface area (Å²) in [5, 5.41) is 0. The molecule has 0 spiro atoms. The van der Waals surface area contributed by atoms with Crippen LogP contribution in [0, 0.1) is 11.7 Å². The number of benzene rings is 2. The molecule has 2 aromatic rings. The van der Waals surface area contributed by atoms with E-state index in [4.69, 9.17) is 5.73 Å². The van der Waals surface area contributed by atoms with Crippen LogP contribution in [0.5, 0.6) is 0 Å². The Morgan fingerprint density at radius 3 is 2.47 bits per heavy atom. The van der Waals surface area contributed by atoms with E-state index >= 15 is 0 Å². The number of nitrogens with two attached hydrogens (primary N) is 1. The minimum atomic E-state index is -0.158. The van der Waals surface area contributed by atoms with Gasteiger partial charge in [0.05, 0.1) is 0 Å². The summed E-state index contributed by atoms with van der Waals surface area (Å²) < 4.78 is 14.6. The molecule has 2 N–H and O–H groups in total. The van der Waals surface area contributed by atoms with Crippen molar-refractivity contribution >= 4 is 15.9 Å². The Labute approximate surface area is 121 Å². The Kier molecular flexibility index (Phi) is 5.11. The van der Waals surface area contributed by atoms with Gasteiger partial charge in [-0.05, 0) is 54.6 Å². The minimum Gasteiger partial charge on any atom is -0.330 e. The summed E-state index contributed by atoms with van der Waals surface area (Å²) in [6.45, 7) is 0.556. The topological polar surface area (TPSA) is 26.0 Å². The summed E-state index contributed by atoms with van der Waals surface area (Å²) in [5.41, 5.74) is 7.79. The highest BCUT2D eigenvalue weighted by atomic mass is 79.9. The molecule has 0 aliphatic rings. The summed E-state index contributed by atoms with van der Waals surface area (Å²) in [6.07, 6.45) is 1.54. The highest BCUT2D eigenvalue weighted by molar-refractivity contribution is 9.10. The largest absolute Gasteiger partial charge is 0.330 e. The van der Waals surface area contributed by atoms with Gasteiger partial charge in [0, 0.05) is 4.47 Å². The molecule has 3 heteroatoms. The summed E-state index contributed by atoms with van der Waals surface area (Å²) >= 11 is 3.38. The molecule has 0 fully saturated rings. The van der Waals surface area contributed by atoms with Gasteiger partial charge in [-0.15, -0.1) is 0 Å². The molecule has 0 amide bonds. The predicted molar refractivity (Wildman–Crippen MR) is 80.5 cm³/mol. The van der Waals surface area contributed by atoms with Crippen LogP contribution in [-0.4, -0.2) is 6.54 Å². The SMILES string of the molecule is NCC(Cc1ccccc1)Cc1cc(Br)ccc1F. The lowest BCUT2D eigenvalue weighted by Crippen LogP contribution is -2.20. The normalized spacial score (nSPS) is 12.4. The van der Waals surface area contributed by atoms with Gasteiger partial charge in [0.25, 0.3) is 0 Å². The van der Waals surface area contributed by atoms with Crippen LogP contribution < -0.4 is 5.73 Å². The zero-order chi connectivity index (χ0) is 13.7. The third kappa shape index (κ3) is 4.15. The van der Waals surface area contributed by atoms with E-state index in [0.717, 1.165) is 16.5 Å². The van der Waals surface area contributed by atoms with E-state index in [-0.39, 0.29) is 11.7 Å². The summed E-state index contributed by atoms with van der Waals surface area (Å²) in [6, 6.07) is 15.2. The molecule has 0 bridgehead atoms. The molecule has 2 rings (SSSR count). The smallest absolute Gasteiger partial charge is 0.126 e. The maximum Gasteiger partial charge on any atom is 0.126 e. The molecular formula is C16H17BrFN. The van der Waals surface area contributed by atoms with Crippen LogP contribution >= 0.6 is 15.9 Å². The summed E-state index contributed by atoms with van der Waals surface area (Å²) in [7, 11) is 0. The van der Waals surface area contributed by atoms with Gasteiger partial charge in [0.2, 0.25) is 0 Å². The quantitative estimate of drug-likeness (QED) is 0.886. The van der Waals surface area contributed by atoms with Crippen LogP contribution in [-0.2, 0) is 12.8 Å². The van der Waals surface area contributed by atoms with Crippen LogP contribution in [0.3, 0.4) is 0 Å². The molecule has 0 aliphatic heterocycles. The van der Waals surface area contributed by atoms with Crippen molar-refractivity contribution in [1.29, 1.82) is 0 Å². The first kappa shape index (κ1) is 14.2. The number of halogens is 2. The second kappa shape index (κ2) is 6.83. The molecule has 0 aliphatic carbocycles. The molecule has 0 saturated heterocycles. The number of hydrogen-bond acceptors (Lipinski definition) is 1. The average molecular weight is 322 g/mol. The molecule has 2 aromatic carbocycles. The van der Waals surface area contributed by atoms with Crippen LogP contribution in [0.4, 0.5) is 4.39 Å². The van der Waals surface area contributed by atoms with E-state index in [9.17, 15) is 4.39 Å². The van der Waals surface area contributed by atoms with E-state index in [1.807, 2.05) is 24.3 Å². The van der Waals surface area contributed by atoms with E-state index in [2.05, 4.69) is 28.1 Å². The van der Waals surface area contributed by atoms with Crippen molar-refractivity contribution in [3.63, 3.8) is 0 Å². The fraction of sp³-hybridized carbons (Fsp3) is 0.250. The number of hydrogen-bond donors (Lipinski definition) is 1. The Hall–Kier alpha value is -1.19. The van der Waals surface area contributed by atoms with E-state index < -0.39 is 0 Å². The third-order valence-electron chi connectivity index (χ3n) is 3.22. The van der Waals surface area contributed by atoms with Crippen molar-refractivity contribution in [3.8, 4) is 0 Å². The van der Waals surface area contributed by atoms with Gasteiger partial charge in [-0.3, -0.25) is 0 Å². The first-order chi connectivity index (χ1) is 9.19. The first-order valence-corrected chi connectivity index (χ1v) is 7.16. The summed E-state index contributed by atoms with van der Waals surface area (Å²) in [4.78, 5) is 0. The minimum absolute atomic E-state index is 0.158. The molecule has 1 unspecified atom stereocenters. The van der Waals surface area contributed by atoms with Crippen LogP contribution in [0.15, 0.2) is 53.0 Å². The van der Waals surface area contributed by atoms with Gasteiger partial charge in [-0.2, -0.15) is 0 Å². The van der Waals surface area contributed by atoms with E-state index in [1.165, 1.54) is 11.6 Å². The van der Waals surface area contributed by atoms with E-state index in [0.29, 0.717) is 13.0 Å². The van der Waals surface area contributed by atoms with Crippen LogP contribution in [0.2, 0.25) is 0 Å². The van der Waals surface area contributed by atoms with Gasteiger partial charge >= 0.3 is 0 Å². The van der Waals surface area contributed by atoms with Crippen molar-refractivity contribution in [2.24, 2.45) is 11.7 Å². The average Bonchev–Trinajstić information content (AvgIpc) is 2.43. The standard InChI is InChI=1S/C16H17BrFN/c17-15-6-7-16(18)14(10-15)9-13(11-19)8-12-4-2-1-3-5-12/h1-7,10,13H,8-9,11,19H2. The fourth-order valence-electron chi connectivity index (χ4n) is 2.20. The molecule has 1 atom stereocenters. The molecule has 1 nitrogen and oxygen atoms in total. The maximum atomic E-state index is 13.7. The van der Waals surface area contributed by atoms with Crippen molar-refractivity contribution in [2.75, 3.05) is 6.54 Å². The van der Waals surface area contributed by atoms with Crippen molar-refractivity contribution < 1.29 is 4.39 Å². The van der Waals surface area contributed by atoms with Gasteiger partial charge in [0.15, 0.2) is 0 Å². The van der Waals surface area contributed by atoms with Gasteiger partial charge in [-0.1, -0.05) is 46.3 Å². The highest BCUT2D eigenvalue weighted by Gasteiger charge is 2.12. The second-order valence-electron chi connectivity index (χ2n) is 4.73. The maximum absolute atomic E-state index is 13.7. The van der Waals surface area contributed by atoms with Crippen molar-refractivity contribution in [1.82, 2.24) is 0 Å². The molecule has 0 aromatic heterocycles. The lowest BCUT2D eigenvalue weighted by molar-refractivity contribution is 0.511. The molecule has 100 valence electrons. The van der Waals surface area contributed by atoms with E-state index in [1.54, 1.807) is 6.07 Å². The third-order valence-corrected chi connectivity index (χ3v) is 3.71. The van der Waals surface area contributed by atoms with Gasteiger partial charge < -0.3 is 5.73 Å². The first-order valence-electron chi connectivity index (χ1n) is 6.37. The van der Waals surface area contributed by atoms with Gasteiger partial charge in [0.1, 0.15) is 5.82 Å². The molecule has 19 heavy (non-hydrogen) atoms. The number of rotatable bonds is 5. The second-order valence-corrected chi connectivity index (χ2v) is 5.65. The molecular weight excluding hydrogens is 305 g/mol. The lowest BCUT2D eigenvalue weighted by Gasteiger charge is -2.15. The molecule has 0 heterocycles. The zero-order valence-corrected chi connectivity index (χ0v) is 12.2. The monoisotopic (exact) mass is 321 g/mol. The van der Waals surface area contributed by atoms with Crippen molar-refractivity contribution in [2.45, 2.75) is 12.8 Å².